The van der Waals surface area contributed by atoms with Crippen LogP contribution in [0.15, 0.2) is 18.2 Å². The molecule has 4 nitrogen and oxygen atoms in total. The second-order valence-corrected chi connectivity index (χ2v) is 5.31. The fourth-order valence-electron chi connectivity index (χ4n) is 1.94. The van der Waals surface area contributed by atoms with Crippen molar-refractivity contribution in [3.63, 3.8) is 0 Å². The third kappa shape index (κ3) is 4.54. The molecule has 7 heteroatoms. The molecule has 0 spiro atoms. The topological polar surface area (TPSA) is 49.6 Å². The molecule has 2 N–H and O–H groups in total. The average molecular weight is 303 g/mol. The number of carbonyl (C=O) groups excluding carboxylic acids is 1. The predicted octanol–water partition coefficient (Wildman–Crippen LogP) is 2.75. The van der Waals surface area contributed by atoms with E-state index in [4.69, 9.17) is 5.73 Å². The largest absolute Gasteiger partial charge is 0.406 e. The zero-order chi connectivity index (χ0) is 16.4. The van der Waals surface area contributed by atoms with Gasteiger partial charge < -0.3 is 15.5 Å². The van der Waals surface area contributed by atoms with Gasteiger partial charge in [0.15, 0.2) is 0 Å². The van der Waals surface area contributed by atoms with Crippen molar-refractivity contribution in [2.75, 3.05) is 31.3 Å². The predicted molar refractivity (Wildman–Crippen MR) is 77.4 cm³/mol. The Morgan fingerprint density at radius 1 is 1.29 bits per heavy atom. The lowest BCUT2D eigenvalue weighted by Crippen LogP contribution is -2.43. The van der Waals surface area contributed by atoms with Crippen molar-refractivity contribution in [2.24, 2.45) is 0 Å². The van der Waals surface area contributed by atoms with Crippen molar-refractivity contribution < 1.29 is 18.0 Å². The highest BCUT2D eigenvalue weighted by atomic mass is 19.4. The van der Waals surface area contributed by atoms with E-state index in [1.807, 2.05) is 0 Å². The molecule has 1 amide bonds. The number of rotatable bonds is 4. The molecule has 0 fully saturated rings. The molecule has 1 aromatic rings. The molecule has 0 aromatic heterocycles. The number of nitrogens with zero attached hydrogens (tertiary/aromatic N) is 2. The summed E-state index contributed by atoms with van der Waals surface area (Å²) in [6.07, 6.45) is -4.44. The van der Waals surface area contributed by atoms with Gasteiger partial charge >= 0.3 is 6.18 Å². The first-order valence-electron chi connectivity index (χ1n) is 6.47. The summed E-state index contributed by atoms with van der Waals surface area (Å²) in [6, 6.07) is 3.95. The van der Waals surface area contributed by atoms with Crippen LogP contribution >= 0.6 is 0 Å². The fraction of sp³-hybridized carbons (Fsp3) is 0.500. The molecular formula is C14H20F3N3O. The van der Waals surface area contributed by atoms with Gasteiger partial charge in [0.05, 0.1) is 11.4 Å². The normalized spacial score (nSPS) is 11.6. The van der Waals surface area contributed by atoms with Crippen molar-refractivity contribution in [1.29, 1.82) is 0 Å². The van der Waals surface area contributed by atoms with Gasteiger partial charge in [0.2, 0.25) is 0 Å². The highest BCUT2D eigenvalue weighted by Crippen LogP contribution is 2.25. The Kier molecular flexibility index (Phi) is 5.09. The van der Waals surface area contributed by atoms with E-state index in [-0.39, 0.29) is 5.56 Å². The molecule has 0 atom stereocenters. The van der Waals surface area contributed by atoms with Crippen molar-refractivity contribution in [3.05, 3.63) is 23.8 Å². The van der Waals surface area contributed by atoms with E-state index in [0.29, 0.717) is 11.4 Å². The highest BCUT2D eigenvalue weighted by molar-refractivity contribution is 5.96. The molecule has 0 saturated heterocycles. The summed E-state index contributed by atoms with van der Waals surface area (Å²) < 4.78 is 37.7. The summed E-state index contributed by atoms with van der Waals surface area (Å²) in [5.74, 6) is -0.681. The van der Waals surface area contributed by atoms with Crippen LogP contribution in [-0.4, -0.2) is 43.7 Å². The number of carbonyl (C=O) groups is 1. The summed E-state index contributed by atoms with van der Waals surface area (Å²) in [6.45, 7) is 1.81. The first-order valence-corrected chi connectivity index (χ1v) is 6.47. The molecule has 118 valence electrons. The van der Waals surface area contributed by atoms with E-state index in [0.717, 1.165) is 4.90 Å². The number of hydrogen-bond donors (Lipinski definition) is 1. The molecule has 0 unspecified atom stereocenters. The van der Waals surface area contributed by atoms with Gasteiger partial charge in [0, 0.05) is 25.7 Å². The molecule has 0 heterocycles. The molecule has 0 radical (unpaired) electrons. The zero-order valence-electron chi connectivity index (χ0n) is 12.5. The maximum Gasteiger partial charge on any atom is 0.406 e. The molecule has 0 bridgehead atoms. The second-order valence-electron chi connectivity index (χ2n) is 5.31. The van der Waals surface area contributed by atoms with E-state index in [9.17, 15) is 18.0 Å². The first-order chi connectivity index (χ1) is 9.53. The van der Waals surface area contributed by atoms with E-state index in [1.165, 1.54) is 12.1 Å². The van der Waals surface area contributed by atoms with Gasteiger partial charge in [-0.3, -0.25) is 4.79 Å². The Balaban J connectivity index is 3.07. The number of benzene rings is 1. The Labute approximate surface area is 122 Å². The standard InChI is InChI=1S/C14H20F3N3O/c1-9(2)20(8-14(15,16)17)13(21)10-5-6-12(19(3)4)11(18)7-10/h5-7,9H,8,18H2,1-4H3. The molecule has 1 aromatic carbocycles. The summed E-state index contributed by atoms with van der Waals surface area (Å²) in [7, 11) is 3.58. The first kappa shape index (κ1) is 17.1. The minimum atomic E-state index is -4.44. The monoisotopic (exact) mass is 303 g/mol. The smallest absolute Gasteiger partial charge is 0.397 e. The van der Waals surface area contributed by atoms with E-state index in [1.54, 1.807) is 38.9 Å². The maximum atomic E-state index is 12.6. The molecular weight excluding hydrogens is 283 g/mol. The molecule has 21 heavy (non-hydrogen) atoms. The van der Waals surface area contributed by atoms with Crippen LogP contribution < -0.4 is 10.6 Å². The number of amides is 1. The quantitative estimate of drug-likeness (QED) is 0.870. The van der Waals surface area contributed by atoms with Crippen molar-refractivity contribution in [3.8, 4) is 0 Å². The fourth-order valence-corrected chi connectivity index (χ4v) is 1.94. The van der Waals surface area contributed by atoms with Crippen LogP contribution in [-0.2, 0) is 0 Å². The molecule has 0 aliphatic heterocycles. The van der Waals surface area contributed by atoms with Gasteiger partial charge in [-0.25, -0.2) is 0 Å². The summed E-state index contributed by atoms with van der Waals surface area (Å²) >= 11 is 0. The SMILES string of the molecule is CC(C)N(CC(F)(F)F)C(=O)c1ccc(N(C)C)c(N)c1. The number of alkyl halides is 3. The maximum absolute atomic E-state index is 12.6. The Morgan fingerprint density at radius 3 is 2.24 bits per heavy atom. The average Bonchev–Trinajstić information content (AvgIpc) is 2.33. The summed E-state index contributed by atoms with van der Waals surface area (Å²) in [4.78, 5) is 14.8. The number of nitrogens with two attached hydrogens (primary N) is 1. The van der Waals surface area contributed by atoms with E-state index >= 15 is 0 Å². The zero-order valence-corrected chi connectivity index (χ0v) is 12.5. The van der Waals surface area contributed by atoms with Gasteiger partial charge in [-0.2, -0.15) is 13.2 Å². The third-order valence-corrected chi connectivity index (χ3v) is 2.99. The Morgan fingerprint density at radius 2 is 1.86 bits per heavy atom. The number of hydrogen-bond acceptors (Lipinski definition) is 3. The lowest BCUT2D eigenvalue weighted by atomic mass is 10.1. The van der Waals surface area contributed by atoms with Gasteiger partial charge in [0.1, 0.15) is 6.54 Å². The van der Waals surface area contributed by atoms with Gasteiger partial charge in [0.25, 0.3) is 5.91 Å². The molecule has 1 rings (SSSR count). The molecule has 0 saturated carbocycles. The highest BCUT2D eigenvalue weighted by Gasteiger charge is 2.34. The van der Waals surface area contributed by atoms with E-state index in [2.05, 4.69) is 0 Å². The van der Waals surface area contributed by atoms with Crippen LogP contribution in [0.1, 0.15) is 24.2 Å². The third-order valence-electron chi connectivity index (χ3n) is 2.99. The minimum Gasteiger partial charge on any atom is -0.397 e. The van der Waals surface area contributed by atoms with Crippen LogP contribution in [0.25, 0.3) is 0 Å². The van der Waals surface area contributed by atoms with Gasteiger partial charge in [-0.1, -0.05) is 0 Å². The van der Waals surface area contributed by atoms with Gasteiger partial charge in [-0.05, 0) is 32.0 Å². The molecule has 0 aliphatic rings. The second kappa shape index (κ2) is 6.24. The Bertz CT molecular complexity index is 513. The number of nitrogen functional groups attached to an aromatic ring is 1. The van der Waals surface area contributed by atoms with Crippen LogP contribution in [0, 0.1) is 0 Å². The van der Waals surface area contributed by atoms with Crippen molar-refractivity contribution in [1.82, 2.24) is 4.90 Å². The van der Waals surface area contributed by atoms with Crippen LogP contribution in [0.3, 0.4) is 0 Å². The lowest BCUT2D eigenvalue weighted by Gasteiger charge is -2.28. The summed E-state index contributed by atoms with van der Waals surface area (Å²) in [5, 5.41) is 0. The lowest BCUT2D eigenvalue weighted by molar-refractivity contribution is -0.143. The van der Waals surface area contributed by atoms with Gasteiger partial charge in [-0.15, -0.1) is 0 Å². The van der Waals surface area contributed by atoms with E-state index < -0.39 is 24.7 Å². The summed E-state index contributed by atoms with van der Waals surface area (Å²) in [5.41, 5.74) is 7.03. The number of halogens is 3. The van der Waals surface area contributed by atoms with Crippen molar-refractivity contribution in [2.45, 2.75) is 26.1 Å². The van der Waals surface area contributed by atoms with Crippen LogP contribution in [0.4, 0.5) is 24.5 Å². The molecule has 0 aliphatic carbocycles. The van der Waals surface area contributed by atoms with Crippen LogP contribution in [0.5, 0.6) is 0 Å². The van der Waals surface area contributed by atoms with Crippen molar-refractivity contribution >= 4 is 17.3 Å². The minimum absolute atomic E-state index is 0.149. The Hall–Kier alpha value is -1.92. The van der Waals surface area contributed by atoms with Crippen LogP contribution in [0.2, 0.25) is 0 Å². The number of anilines is 2.